The van der Waals surface area contributed by atoms with Gasteiger partial charge in [-0.1, -0.05) is 27.7 Å². The van der Waals surface area contributed by atoms with E-state index in [0.29, 0.717) is 31.3 Å². The van der Waals surface area contributed by atoms with Crippen LogP contribution in [0.25, 0.3) is 0 Å². The zero-order chi connectivity index (χ0) is 27.3. The van der Waals surface area contributed by atoms with Crippen LogP contribution in [0.4, 0.5) is 0 Å². The van der Waals surface area contributed by atoms with Gasteiger partial charge in [0.15, 0.2) is 5.78 Å². The Morgan fingerprint density at radius 3 is 2.43 bits per heavy atom. The maximum absolute atomic E-state index is 13.5. The summed E-state index contributed by atoms with van der Waals surface area (Å²) in [5.41, 5.74) is -4.93. The minimum Gasteiger partial charge on any atom is -0.459 e. The van der Waals surface area contributed by atoms with E-state index < -0.39 is 63.8 Å². The molecule has 4 fully saturated rings. The standard InChI is InChI=1S/C29H44O8/c1-15(2)19(30)12-22(32)27(5,34)21-7-9-29(36)17-10-20(31)18-11-23-28(35,13-24(33)37-23)14-25(18,3)16(17)6-8-26(21,29)4/h10,15-16,18-19,21-23,30,32,34-36H,6-9,11-14H2,1-5H3/t16-,18-,19-,21-,22+,23+,25+,26+,27+,28+,29+/m0/s1. The van der Waals surface area contributed by atoms with Crippen LogP contribution in [0.1, 0.15) is 86.0 Å². The minimum absolute atomic E-state index is 0.0414. The van der Waals surface area contributed by atoms with Crippen molar-refractivity contribution < 1.29 is 39.9 Å². The summed E-state index contributed by atoms with van der Waals surface area (Å²) in [7, 11) is 0. The molecular weight excluding hydrogens is 476 g/mol. The largest absolute Gasteiger partial charge is 0.459 e. The molecule has 0 unspecified atom stereocenters. The second-order valence-corrected chi connectivity index (χ2v) is 14.0. The molecule has 1 heterocycles. The van der Waals surface area contributed by atoms with Crippen LogP contribution in [0.3, 0.4) is 0 Å². The van der Waals surface area contributed by atoms with Gasteiger partial charge in [0.25, 0.3) is 0 Å². The van der Waals surface area contributed by atoms with E-state index in [0.717, 1.165) is 0 Å². The zero-order valence-electron chi connectivity index (χ0n) is 22.7. The maximum Gasteiger partial charge on any atom is 0.309 e. The summed E-state index contributed by atoms with van der Waals surface area (Å²) >= 11 is 0. The molecule has 4 aliphatic carbocycles. The number of fused-ring (bicyclic) bond motifs is 6. The summed E-state index contributed by atoms with van der Waals surface area (Å²) < 4.78 is 5.39. The van der Waals surface area contributed by atoms with Gasteiger partial charge in [0.2, 0.25) is 0 Å². The predicted molar refractivity (Wildman–Crippen MR) is 134 cm³/mol. The number of hydrogen-bond acceptors (Lipinski definition) is 8. The summed E-state index contributed by atoms with van der Waals surface area (Å²) in [6.45, 7) is 9.29. The van der Waals surface area contributed by atoms with Crippen LogP contribution in [0.2, 0.25) is 0 Å². The predicted octanol–water partition coefficient (Wildman–Crippen LogP) is 2.03. The van der Waals surface area contributed by atoms with Crippen LogP contribution >= 0.6 is 0 Å². The average Bonchev–Trinajstić information content (AvgIpc) is 3.23. The van der Waals surface area contributed by atoms with E-state index in [2.05, 4.69) is 0 Å². The Labute approximate surface area is 219 Å². The number of esters is 1. The van der Waals surface area contributed by atoms with Crippen molar-refractivity contribution in [1.29, 1.82) is 0 Å². The summed E-state index contributed by atoms with van der Waals surface area (Å²) in [5.74, 6) is -1.59. The van der Waals surface area contributed by atoms with Gasteiger partial charge in [-0.05, 0) is 80.3 Å². The molecule has 0 amide bonds. The fourth-order valence-electron chi connectivity index (χ4n) is 9.25. The molecule has 8 nitrogen and oxygen atoms in total. The van der Waals surface area contributed by atoms with E-state index in [1.54, 1.807) is 13.0 Å². The third kappa shape index (κ3) is 3.65. The van der Waals surface area contributed by atoms with Crippen LogP contribution in [0.5, 0.6) is 0 Å². The lowest BCUT2D eigenvalue weighted by Crippen LogP contribution is -2.64. The van der Waals surface area contributed by atoms with Crippen molar-refractivity contribution in [2.24, 2.45) is 34.5 Å². The van der Waals surface area contributed by atoms with Gasteiger partial charge in [-0.25, -0.2) is 0 Å². The number of aliphatic hydroxyl groups excluding tert-OH is 2. The van der Waals surface area contributed by atoms with Crippen LogP contribution in [0.15, 0.2) is 11.6 Å². The van der Waals surface area contributed by atoms with Crippen molar-refractivity contribution in [2.75, 3.05) is 0 Å². The number of carbonyl (C=O) groups is 2. The van der Waals surface area contributed by atoms with E-state index in [9.17, 15) is 35.1 Å². The molecule has 8 heteroatoms. The van der Waals surface area contributed by atoms with Crippen molar-refractivity contribution in [3.05, 3.63) is 11.6 Å². The first-order chi connectivity index (χ1) is 17.0. The molecule has 1 saturated heterocycles. The molecule has 0 aromatic rings. The lowest BCUT2D eigenvalue weighted by molar-refractivity contribution is -0.185. The van der Waals surface area contributed by atoms with Crippen molar-refractivity contribution >= 4 is 11.8 Å². The smallest absolute Gasteiger partial charge is 0.309 e. The summed E-state index contributed by atoms with van der Waals surface area (Å²) in [6.07, 6.45) is 1.59. The third-order valence-electron chi connectivity index (χ3n) is 11.6. The summed E-state index contributed by atoms with van der Waals surface area (Å²) in [4.78, 5) is 25.6. The Morgan fingerprint density at radius 1 is 1.11 bits per heavy atom. The Morgan fingerprint density at radius 2 is 1.78 bits per heavy atom. The van der Waals surface area contributed by atoms with Gasteiger partial charge in [0.1, 0.15) is 11.7 Å². The lowest BCUT2D eigenvalue weighted by atomic mass is 9.44. The zero-order valence-corrected chi connectivity index (χ0v) is 22.7. The average molecular weight is 521 g/mol. The maximum atomic E-state index is 13.5. The molecular formula is C29H44O8. The van der Waals surface area contributed by atoms with E-state index in [1.165, 1.54) is 0 Å². The molecule has 3 saturated carbocycles. The van der Waals surface area contributed by atoms with Gasteiger partial charge >= 0.3 is 5.97 Å². The van der Waals surface area contributed by atoms with Crippen LogP contribution in [0, 0.1) is 34.5 Å². The van der Waals surface area contributed by atoms with Gasteiger partial charge in [-0.3, -0.25) is 9.59 Å². The van der Waals surface area contributed by atoms with E-state index >= 15 is 0 Å². The number of aliphatic hydroxyl groups is 5. The molecule has 11 atom stereocenters. The molecule has 5 N–H and O–H groups in total. The Hall–Kier alpha value is -1.32. The van der Waals surface area contributed by atoms with Crippen molar-refractivity contribution in [3.8, 4) is 0 Å². The number of hydrogen-bond donors (Lipinski definition) is 5. The number of rotatable bonds is 5. The van der Waals surface area contributed by atoms with Crippen LogP contribution in [-0.4, -0.2) is 72.4 Å². The molecule has 5 rings (SSSR count). The third-order valence-corrected chi connectivity index (χ3v) is 11.6. The summed E-state index contributed by atoms with van der Waals surface area (Å²) in [5, 5.41) is 56.8. The number of carbonyl (C=O) groups excluding carboxylic acids is 2. The van der Waals surface area contributed by atoms with Gasteiger partial charge in [0, 0.05) is 17.8 Å². The second-order valence-electron chi connectivity index (χ2n) is 14.0. The Kier molecular flexibility index (Phi) is 6.14. The summed E-state index contributed by atoms with van der Waals surface area (Å²) in [6, 6.07) is 0. The topological polar surface area (TPSA) is 145 Å². The van der Waals surface area contributed by atoms with Crippen molar-refractivity contribution in [2.45, 2.75) is 121 Å². The highest BCUT2D eigenvalue weighted by Crippen LogP contribution is 2.69. The van der Waals surface area contributed by atoms with Crippen molar-refractivity contribution in [1.82, 2.24) is 0 Å². The molecule has 0 aromatic heterocycles. The van der Waals surface area contributed by atoms with Crippen molar-refractivity contribution in [3.63, 3.8) is 0 Å². The van der Waals surface area contributed by atoms with Gasteiger partial charge in [-0.15, -0.1) is 0 Å². The van der Waals surface area contributed by atoms with E-state index in [4.69, 9.17) is 4.74 Å². The van der Waals surface area contributed by atoms with Gasteiger partial charge < -0.3 is 30.3 Å². The normalized spacial score (nSPS) is 48.2. The molecule has 0 spiro atoms. The minimum atomic E-state index is -1.54. The molecule has 5 aliphatic rings. The highest BCUT2D eigenvalue weighted by Gasteiger charge is 2.70. The van der Waals surface area contributed by atoms with Crippen LogP contribution in [-0.2, 0) is 14.3 Å². The quantitative estimate of drug-likeness (QED) is 0.346. The highest BCUT2D eigenvalue weighted by molar-refractivity contribution is 5.95. The van der Waals surface area contributed by atoms with Crippen LogP contribution < -0.4 is 0 Å². The van der Waals surface area contributed by atoms with E-state index in [1.807, 2.05) is 27.7 Å². The molecule has 0 radical (unpaired) electrons. The first-order valence-corrected chi connectivity index (χ1v) is 14.0. The first kappa shape index (κ1) is 27.3. The molecule has 208 valence electrons. The Balaban J connectivity index is 1.48. The van der Waals surface area contributed by atoms with Gasteiger partial charge in [0.05, 0.1) is 29.8 Å². The van der Waals surface area contributed by atoms with Gasteiger partial charge in [-0.2, -0.15) is 0 Å². The molecule has 1 aliphatic heterocycles. The number of allylic oxidation sites excluding steroid dienone is 1. The molecule has 0 aromatic carbocycles. The fourth-order valence-corrected chi connectivity index (χ4v) is 9.25. The Bertz CT molecular complexity index is 1020. The number of ketones is 1. The molecule has 0 bridgehead atoms. The van der Waals surface area contributed by atoms with E-state index in [-0.39, 0.29) is 43.3 Å². The number of ether oxygens (including phenoxy) is 1. The molecule has 37 heavy (non-hydrogen) atoms. The first-order valence-electron chi connectivity index (χ1n) is 14.0. The highest BCUT2D eigenvalue weighted by atomic mass is 16.6. The monoisotopic (exact) mass is 520 g/mol. The fraction of sp³-hybridized carbons (Fsp3) is 0.862. The SMILES string of the molecule is CC(C)[C@@H](O)C[C@@H](O)[C@](C)(O)[C@H]1CC[C@@]2(O)C3=CC(=O)[C@@H]4C[C@H]5OC(=O)C[C@@]5(O)C[C@]4(C)[C@H]3CC[C@]12C. The lowest BCUT2D eigenvalue weighted by Gasteiger charge is -2.61. The second kappa shape index (κ2) is 8.34.